The van der Waals surface area contributed by atoms with Crippen LogP contribution in [0.3, 0.4) is 0 Å². The number of hydrogen-bond acceptors (Lipinski definition) is 0. The first-order chi connectivity index (χ1) is 37.7. The van der Waals surface area contributed by atoms with Gasteiger partial charge in [-0.3, -0.25) is 0 Å². The van der Waals surface area contributed by atoms with Crippen molar-refractivity contribution < 1.29 is 13.2 Å². The van der Waals surface area contributed by atoms with Crippen LogP contribution in [0.15, 0.2) is 237 Å². The van der Waals surface area contributed by atoms with Crippen molar-refractivity contribution in [3.63, 3.8) is 0 Å². The smallest absolute Gasteiger partial charge is 0.310 e. The molecule has 11 aromatic carbocycles. The van der Waals surface area contributed by atoms with Crippen molar-refractivity contribution >= 4 is 92.9 Å². The van der Waals surface area contributed by atoms with Crippen LogP contribution in [0.2, 0.25) is 0 Å². The zero-order valence-electron chi connectivity index (χ0n) is 41.4. The summed E-state index contributed by atoms with van der Waals surface area (Å²) in [5.41, 5.74) is 14.9. The van der Waals surface area contributed by atoms with Crippen LogP contribution >= 0.6 is 0 Å². The van der Waals surface area contributed by atoms with Gasteiger partial charge in [-0.15, -0.1) is 0 Å². The van der Waals surface area contributed by atoms with Gasteiger partial charge in [0.15, 0.2) is 5.69 Å². The van der Waals surface area contributed by atoms with Gasteiger partial charge in [0.2, 0.25) is 0 Å². The molecule has 364 valence electrons. The number of fused-ring (bicyclic) bond motifs is 12. The average Bonchev–Trinajstić information content (AvgIpc) is 4.40. The third-order valence-electron chi connectivity index (χ3n) is 15.7. The van der Waals surface area contributed by atoms with Gasteiger partial charge >= 0.3 is 6.18 Å². The van der Waals surface area contributed by atoms with Gasteiger partial charge in [0.1, 0.15) is 0 Å². The first-order valence-electron chi connectivity index (χ1n) is 25.6. The SMILES string of the molecule is [C-]#[N+]c1cccc(-n2c3ccccc3c3cc4c5ccccc5n(-c5ccccc5)c4cc32)c1-c1cc(-c2ccc(C(F)(F)F)cc2C)ccc1-n1c2ccccc2c2cc3c4ccccc4n(-c4ccccc4)c3cc21. The van der Waals surface area contributed by atoms with E-state index in [1.165, 1.54) is 6.07 Å². The molecule has 0 atom stereocenters. The Labute approximate surface area is 439 Å². The van der Waals surface area contributed by atoms with E-state index in [2.05, 4.69) is 211 Å². The summed E-state index contributed by atoms with van der Waals surface area (Å²) in [5.74, 6) is 0. The minimum atomic E-state index is -4.50. The van der Waals surface area contributed by atoms with Gasteiger partial charge in [-0.25, -0.2) is 4.85 Å². The lowest BCUT2D eigenvalue weighted by Gasteiger charge is -2.21. The van der Waals surface area contributed by atoms with E-state index in [4.69, 9.17) is 6.57 Å². The zero-order chi connectivity index (χ0) is 51.7. The second-order valence-electron chi connectivity index (χ2n) is 19.9. The number of nitrogens with zero attached hydrogens (tertiary/aromatic N) is 5. The Morgan fingerprint density at radius 1 is 0.351 bits per heavy atom. The van der Waals surface area contributed by atoms with Gasteiger partial charge in [0.05, 0.1) is 62.0 Å². The van der Waals surface area contributed by atoms with Gasteiger partial charge in [-0.2, -0.15) is 13.2 Å². The lowest BCUT2D eigenvalue weighted by Crippen LogP contribution is -2.05. The number of halogens is 3. The molecule has 0 spiro atoms. The molecule has 77 heavy (non-hydrogen) atoms. The maximum Gasteiger partial charge on any atom is 0.416 e. The van der Waals surface area contributed by atoms with Crippen molar-refractivity contribution in [3.05, 3.63) is 259 Å². The summed E-state index contributed by atoms with van der Waals surface area (Å²) in [6, 6.07) is 80.1. The molecule has 0 aliphatic rings. The van der Waals surface area contributed by atoms with E-state index in [1.54, 1.807) is 13.0 Å². The Kier molecular flexibility index (Phi) is 9.63. The Morgan fingerprint density at radius 2 is 0.792 bits per heavy atom. The normalized spacial score (nSPS) is 12.1. The van der Waals surface area contributed by atoms with Gasteiger partial charge in [0, 0.05) is 65.7 Å². The molecule has 0 radical (unpaired) electrons. The Hall–Kier alpha value is -10.1. The predicted octanol–water partition coefficient (Wildman–Crippen LogP) is 19.3. The second kappa shape index (κ2) is 16.7. The number of rotatable bonds is 6. The monoisotopic (exact) mass is 997 g/mol. The van der Waals surface area contributed by atoms with Crippen LogP contribution < -0.4 is 0 Å². The highest BCUT2D eigenvalue weighted by Gasteiger charge is 2.31. The van der Waals surface area contributed by atoms with Crippen molar-refractivity contribution in [1.82, 2.24) is 18.3 Å². The van der Waals surface area contributed by atoms with Crippen LogP contribution in [0.25, 0.3) is 137 Å². The van der Waals surface area contributed by atoms with Crippen molar-refractivity contribution in [2.24, 2.45) is 0 Å². The summed E-state index contributed by atoms with van der Waals surface area (Å²) >= 11 is 0. The lowest BCUT2D eigenvalue weighted by molar-refractivity contribution is -0.137. The summed E-state index contributed by atoms with van der Waals surface area (Å²) in [4.78, 5) is 4.32. The molecule has 15 aromatic rings. The van der Waals surface area contributed by atoms with Crippen LogP contribution in [0, 0.1) is 13.5 Å². The number of hydrogen-bond donors (Lipinski definition) is 0. The highest BCUT2D eigenvalue weighted by atomic mass is 19.4. The van der Waals surface area contributed by atoms with E-state index in [0.717, 1.165) is 127 Å². The zero-order valence-corrected chi connectivity index (χ0v) is 41.4. The first kappa shape index (κ1) is 44.4. The number of alkyl halides is 3. The van der Waals surface area contributed by atoms with Crippen LogP contribution in [-0.2, 0) is 6.18 Å². The first-order valence-corrected chi connectivity index (χ1v) is 25.6. The van der Waals surface area contributed by atoms with E-state index in [0.29, 0.717) is 22.4 Å². The van der Waals surface area contributed by atoms with Gasteiger partial charge in [-0.1, -0.05) is 133 Å². The van der Waals surface area contributed by atoms with Crippen LogP contribution in [-0.4, -0.2) is 18.3 Å². The van der Waals surface area contributed by atoms with E-state index < -0.39 is 11.7 Å². The molecule has 0 saturated carbocycles. The third-order valence-corrected chi connectivity index (χ3v) is 15.7. The van der Waals surface area contributed by atoms with Crippen LogP contribution in [0.4, 0.5) is 18.9 Å². The summed E-state index contributed by atoms with van der Waals surface area (Å²) in [7, 11) is 0. The number of benzene rings is 11. The van der Waals surface area contributed by atoms with E-state index in [9.17, 15) is 13.2 Å². The number of aromatic nitrogens is 4. The molecule has 5 nitrogen and oxygen atoms in total. The number of para-hydroxylation sites is 6. The molecule has 0 aliphatic carbocycles. The topological polar surface area (TPSA) is 24.1 Å². The van der Waals surface area contributed by atoms with E-state index in [-0.39, 0.29) is 0 Å². The summed E-state index contributed by atoms with van der Waals surface area (Å²) in [5, 5.41) is 8.81. The van der Waals surface area contributed by atoms with Crippen molar-refractivity contribution in [3.8, 4) is 45.0 Å². The second-order valence-corrected chi connectivity index (χ2v) is 19.9. The Balaban J connectivity index is 1.07. The maximum atomic E-state index is 14.2. The third kappa shape index (κ3) is 6.60. The molecular formula is C69H42F3N5. The summed E-state index contributed by atoms with van der Waals surface area (Å²) in [6.45, 7) is 10.7. The molecule has 15 rings (SSSR count). The molecule has 0 N–H and O–H groups in total. The van der Waals surface area contributed by atoms with Gasteiger partial charge in [0.25, 0.3) is 0 Å². The summed E-state index contributed by atoms with van der Waals surface area (Å²) < 4.78 is 52.0. The summed E-state index contributed by atoms with van der Waals surface area (Å²) in [6.07, 6.45) is -4.50. The fourth-order valence-corrected chi connectivity index (χ4v) is 12.4. The molecule has 8 heteroatoms. The van der Waals surface area contributed by atoms with E-state index >= 15 is 0 Å². The van der Waals surface area contributed by atoms with Crippen molar-refractivity contribution in [1.29, 1.82) is 0 Å². The van der Waals surface area contributed by atoms with Crippen molar-refractivity contribution in [2.45, 2.75) is 13.1 Å². The average molecular weight is 998 g/mol. The highest BCUT2D eigenvalue weighted by Crippen LogP contribution is 2.48. The highest BCUT2D eigenvalue weighted by molar-refractivity contribution is 6.21. The molecule has 0 unspecified atom stereocenters. The predicted molar refractivity (Wildman–Crippen MR) is 311 cm³/mol. The molecule has 0 amide bonds. The van der Waals surface area contributed by atoms with E-state index in [1.807, 2.05) is 30.3 Å². The largest absolute Gasteiger partial charge is 0.416 e. The van der Waals surface area contributed by atoms with Crippen LogP contribution in [0.1, 0.15) is 11.1 Å². The number of aryl methyl sites for hydroxylation is 1. The fourth-order valence-electron chi connectivity index (χ4n) is 12.4. The Morgan fingerprint density at radius 3 is 1.26 bits per heavy atom. The van der Waals surface area contributed by atoms with Gasteiger partial charge in [-0.05, 0) is 132 Å². The molecule has 4 aromatic heterocycles. The van der Waals surface area contributed by atoms with Crippen LogP contribution in [0.5, 0.6) is 0 Å². The molecule has 0 bridgehead atoms. The quantitative estimate of drug-likeness (QED) is 0.148. The maximum absolute atomic E-state index is 14.2. The molecule has 4 heterocycles. The lowest BCUT2D eigenvalue weighted by atomic mass is 9.92. The van der Waals surface area contributed by atoms with Gasteiger partial charge < -0.3 is 18.3 Å². The fraction of sp³-hybridized carbons (Fsp3) is 0.0290. The molecule has 0 fully saturated rings. The Bertz CT molecular complexity index is 4990. The van der Waals surface area contributed by atoms with Crippen molar-refractivity contribution in [2.75, 3.05) is 0 Å². The molecular weight excluding hydrogens is 956 g/mol. The molecule has 0 aliphatic heterocycles. The molecule has 0 saturated heterocycles. The minimum absolute atomic E-state index is 0.433. The minimum Gasteiger partial charge on any atom is -0.310 e. The standard InChI is InChI=1S/C69H42F3N5/c1-42-36-44(69(70,71)72)33-34-47(42)43-32-35-62(76-60-29-15-11-24-50(60)54-38-52-48-22-9-13-27-58(48)74(64(52)40-66(54)76)45-18-5-3-6-19-45)56(37-43)68-57(73-2)26-17-31-63(68)77-61-30-16-12-25-51(61)55-39-53-49-23-10-14-28-59(49)75(65(53)41-67(55)77)46-20-7-4-8-21-46/h3-41H,1H3.